The van der Waals surface area contributed by atoms with Gasteiger partial charge >= 0.3 is 0 Å². The molecule has 6 heteroatoms. The van der Waals surface area contributed by atoms with Crippen molar-refractivity contribution in [2.45, 2.75) is 25.8 Å². The van der Waals surface area contributed by atoms with Crippen molar-refractivity contribution in [3.05, 3.63) is 48.3 Å². The number of rotatable bonds is 5. The van der Waals surface area contributed by atoms with E-state index >= 15 is 0 Å². The summed E-state index contributed by atoms with van der Waals surface area (Å²) in [4.78, 5) is 22.8. The Hall–Kier alpha value is -2.63. The lowest BCUT2D eigenvalue weighted by molar-refractivity contribution is -0.123. The molecular formula is C18H22N4O2. The van der Waals surface area contributed by atoms with E-state index in [0.29, 0.717) is 11.7 Å². The van der Waals surface area contributed by atoms with Crippen LogP contribution in [0.5, 0.6) is 5.75 Å². The van der Waals surface area contributed by atoms with Gasteiger partial charge in [0.05, 0.1) is 0 Å². The number of piperidine rings is 1. The Morgan fingerprint density at radius 1 is 1.33 bits per heavy atom. The monoisotopic (exact) mass is 326 g/mol. The maximum absolute atomic E-state index is 12.1. The summed E-state index contributed by atoms with van der Waals surface area (Å²) >= 11 is 0. The third-order valence-corrected chi connectivity index (χ3v) is 3.98. The van der Waals surface area contributed by atoms with Crippen LogP contribution in [0.3, 0.4) is 0 Å². The molecule has 0 spiro atoms. The van der Waals surface area contributed by atoms with Crippen molar-refractivity contribution in [3.8, 4) is 5.75 Å². The summed E-state index contributed by atoms with van der Waals surface area (Å²) in [5.41, 5.74) is 1.11. The Morgan fingerprint density at radius 2 is 2.17 bits per heavy atom. The number of aromatic nitrogens is 2. The zero-order valence-electron chi connectivity index (χ0n) is 13.8. The first-order chi connectivity index (χ1) is 11.7. The van der Waals surface area contributed by atoms with Crippen molar-refractivity contribution in [1.29, 1.82) is 0 Å². The zero-order valence-corrected chi connectivity index (χ0v) is 13.8. The van der Waals surface area contributed by atoms with Crippen molar-refractivity contribution >= 4 is 11.9 Å². The molecule has 6 nitrogen and oxygen atoms in total. The van der Waals surface area contributed by atoms with Gasteiger partial charge < -0.3 is 15.0 Å². The molecule has 24 heavy (non-hydrogen) atoms. The van der Waals surface area contributed by atoms with Crippen LogP contribution in [0.4, 0.5) is 5.95 Å². The van der Waals surface area contributed by atoms with Crippen LogP contribution in [0.1, 0.15) is 18.4 Å². The fourth-order valence-electron chi connectivity index (χ4n) is 2.85. The maximum atomic E-state index is 12.1. The molecule has 1 aliphatic rings. The molecule has 2 heterocycles. The number of anilines is 1. The number of hydrogen-bond donors (Lipinski definition) is 1. The van der Waals surface area contributed by atoms with Gasteiger partial charge in [0.25, 0.3) is 5.91 Å². The van der Waals surface area contributed by atoms with Crippen LogP contribution in [0.15, 0.2) is 42.7 Å². The molecule has 1 N–H and O–H groups in total. The minimum Gasteiger partial charge on any atom is -0.484 e. The predicted octanol–water partition coefficient (Wildman–Crippen LogP) is 1.95. The Balaban J connectivity index is 1.49. The SMILES string of the molecule is Cc1cccc(OCC(=O)N[C@@H]2CCCN(c3ncccn3)C2)c1. The normalized spacial score (nSPS) is 17.4. The quantitative estimate of drug-likeness (QED) is 0.909. The molecule has 0 radical (unpaired) electrons. The van der Waals surface area contributed by atoms with Gasteiger partial charge in [-0.1, -0.05) is 12.1 Å². The standard InChI is InChI=1S/C18H22N4O2/c1-14-5-2-7-16(11-14)24-13-17(23)21-15-6-3-10-22(12-15)18-19-8-4-9-20-18/h2,4-5,7-9,11,15H,3,6,10,12-13H2,1H3,(H,21,23)/t15-/m1/s1. The molecule has 1 amide bonds. The van der Waals surface area contributed by atoms with Crippen molar-refractivity contribution < 1.29 is 9.53 Å². The number of ether oxygens (including phenoxy) is 1. The Morgan fingerprint density at radius 3 is 2.96 bits per heavy atom. The van der Waals surface area contributed by atoms with Crippen LogP contribution in [-0.4, -0.2) is 41.6 Å². The van der Waals surface area contributed by atoms with Crippen molar-refractivity contribution in [2.24, 2.45) is 0 Å². The van der Waals surface area contributed by atoms with Crippen molar-refractivity contribution in [1.82, 2.24) is 15.3 Å². The molecular weight excluding hydrogens is 304 g/mol. The third-order valence-electron chi connectivity index (χ3n) is 3.98. The van der Waals surface area contributed by atoms with Gasteiger partial charge in [-0.3, -0.25) is 4.79 Å². The van der Waals surface area contributed by atoms with E-state index in [1.54, 1.807) is 18.5 Å². The molecule has 0 aliphatic carbocycles. The summed E-state index contributed by atoms with van der Waals surface area (Å²) in [7, 11) is 0. The number of aryl methyl sites for hydroxylation is 1. The van der Waals surface area contributed by atoms with E-state index < -0.39 is 0 Å². The lowest BCUT2D eigenvalue weighted by Crippen LogP contribution is -2.49. The van der Waals surface area contributed by atoms with Gasteiger partial charge in [-0.15, -0.1) is 0 Å². The number of carbonyl (C=O) groups is 1. The summed E-state index contributed by atoms with van der Waals surface area (Å²) in [5, 5.41) is 3.04. The topological polar surface area (TPSA) is 67.3 Å². The second-order valence-electron chi connectivity index (χ2n) is 6.01. The van der Waals surface area contributed by atoms with E-state index in [-0.39, 0.29) is 18.6 Å². The number of benzene rings is 1. The van der Waals surface area contributed by atoms with E-state index in [2.05, 4.69) is 20.2 Å². The largest absolute Gasteiger partial charge is 0.484 e. The van der Waals surface area contributed by atoms with E-state index in [1.807, 2.05) is 31.2 Å². The zero-order chi connectivity index (χ0) is 16.8. The second-order valence-corrected chi connectivity index (χ2v) is 6.01. The van der Waals surface area contributed by atoms with Crippen LogP contribution in [0.2, 0.25) is 0 Å². The summed E-state index contributed by atoms with van der Waals surface area (Å²) in [5.74, 6) is 1.33. The van der Waals surface area contributed by atoms with E-state index in [9.17, 15) is 4.79 Å². The van der Waals surface area contributed by atoms with Crippen molar-refractivity contribution in [3.63, 3.8) is 0 Å². The molecule has 2 aromatic rings. The molecule has 0 unspecified atom stereocenters. The average molecular weight is 326 g/mol. The Labute approximate surface area is 141 Å². The minimum absolute atomic E-state index is 0.0296. The number of amides is 1. The smallest absolute Gasteiger partial charge is 0.258 e. The third kappa shape index (κ3) is 4.44. The maximum Gasteiger partial charge on any atom is 0.258 e. The second kappa shape index (κ2) is 7.77. The van der Waals surface area contributed by atoms with E-state index in [0.717, 1.165) is 31.5 Å². The summed E-state index contributed by atoms with van der Waals surface area (Å²) in [6.07, 6.45) is 5.43. The molecule has 1 aromatic heterocycles. The molecule has 1 fully saturated rings. The first-order valence-electron chi connectivity index (χ1n) is 8.21. The van der Waals surface area contributed by atoms with Crippen LogP contribution < -0.4 is 15.0 Å². The lowest BCUT2D eigenvalue weighted by Gasteiger charge is -2.33. The van der Waals surface area contributed by atoms with Gasteiger partial charge in [-0.05, 0) is 43.5 Å². The lowest BCUT2D eigenvalue weighted by atomic mass is 10.1. The highest BCUT2D eigenvalue weighted by molar-refractivity contribution is 5.78. The van der Waals surface area contributed by atoms with Gasteiger partial charge in [-0.25, -0.2) is 9.97 Å². The van der Waals surface area contributed by atoms with Gasteiger partial charge in [-0.2, -0.15) is 0 Å². The predicted molar refractivity (Wildman–Crippen MR) is 92.1 cm³/mol. The molecule has 0 saturated carbocycles. The summed E-state index contributed by atoms with van der Waals surface area (Å²) < 4.78 is 5.55. The average Bonchev–Trinajstić information content (AvgIpc) is 2.61. The van der Waals surface area contributed by atoms with Gasteiger partial charge in [0.15, 0.2) is 6.61 Å². The fourth-order valence-corrected chi connectivity index (χ4v) is 2.85. The molecule has 0 bridgehead atoms. The Bertz CT molecular complexity index is 678. The van der Waals surface area contributed by atoms with Crippen LogP contribution in [0.25, 0.3) is 0 Å². The fraction of sp³-hybridized carbons (Fsp3) is 0.389. The minimum atomic E-state index is -0.0997. The number of nitrogens with one attached hydrogen (secondary N) is 1. The highest BCUT2D eigenvalue weighted by atomic mass is 16.5. The van der Waals surface area contributed by atoms with Crippen LogP contribution in [0, 0.1) is 6.92 Å². The van der Waals surface area contributed by atoms with E-state index in [4.69, 9.17) is 4.74 Å². The molecule has 1 atom stereocenters. The number of hydrogen-bond acceptors (Lipinski definition) is 5. The van der Waals surface area contributed by atoms with Crippen LogP contribution >= 0.6 is 0 Å². The molecule has 1 saturated heterocycles. The van der Waals surface area contributed by atoms with Gasteiger partial charge in [0, 0.05) is 31.5 Å². The highest BCUT2D eigenvalue weighted by Crippen LogP contribution is 2.15. The first-order valence-corrected chi connectivity index (χ1v) is 8.21. The molecule has 126 valence electrons. The van der Waals surface area contributed by atoms with Gasteiger partial charge in [0.1, 0.15) is 5.75 Å². The summed E-state index contributed by atoms with van der Waals surface area (Å²) in [6.45, 7) is 3.66. The van der Waals surface area contributed by atoms with E-state index in [1.165, 1.54) is 0 Å². The molecule has 1 aliphatic heterocycles. The first kappa shape index (κ1) is 16.2. The number of carbonyl (C=O) groups excluding carboxylic acids is 1. The summed E-state index contributed by atoms with van der Waals surface area (Å²) in [6, 6.07) is 9.58. The highest BCUT2D eigenvalue weighted by Gasteiger charge is 2.23. The molecule has 3 rings (SSSR count). The molecule has 1 aromatic carbocycles. The van der Waals surface area contributed by atoms with Crippen LogP contribution in [-0.2, 0) is 4.79 Å². The van der Waals surface area contributed by atoms with Gasteiger partial charge in [0.2, 0.25) is 5.95 Å². The Kier molecular flexibility index (Phi) is 5.25. The number of nitrogens with zero attached hydrogens (tertiary/aromatic N) is 3. The van der Waals surface area contributed by atoms with Crippen molar-refractivity contribution in [2.75, 3.05) is 24.6 Å².